The van der Waals surface area contributed by atoms with E-state index in [1.165, 1.54) is 38.5 Å². The van der Waals surface area contributed by atoms with Gasteiger partial charge in [-0.3, -0.25) is 4.79 Å². The molecule has 4 aliphatic carbocycles. The van der Waals surface area contributed by atoms with Crippen LogP contribution in [0.3, 0.4) is 0 Å². The standard InChI is InChI=1S/C31H48O5/c1-8-28(4)13-9-14-29(5)21(28)12-15-30(6)22-11-10-20-19(3)35-27(34)26(20)31(22,7)24(17-23(29)30)36-25(33)16-18(2)32/h18-19,21-24,32H,8-17H2,1-7H3/t18?,19-,21?,22+,23-,24+,28+,29+,30+,31-/m1/s1. The molecule has 36 heavy (non-hydrogen) atoms. The Kier molecular flexibility index (Phi) is 6.26. The Balaban J connectivity index is 1.61. The second kappa shape index (κ2) is 8.58. The van der Waals surface area contributed by atoms with Gasteiger partial charge < -0.3 is 14.6 Å². The Hall–Kier alpha value is -1.36. The summed E-state index contributed by atoms with van der Waals surface area (Å²) in [5, 5.41) is 9.90. The number of hydrogen-bond donors (Lipinski definition) is 1. The lowest BCUT2D eigenvalue weighted by Gasteiger charge is -2.70. The number of hydrogen-bond acceptors (Lipinski definition) is 5. The van der Waals surface area contributed by atoms with Gasteiger partial charge in [0.05, 0.1) is 12.5 Å². The molecule has 0 aromatic rings. The third kappa shape index (κ3) is 3.50. The van der Waals surface area contributed by atoms with Crippen LogP contribution in [-0.2, 0) is 19.1 Å². The number of ether oxygens (including phenoxy) is 2. The largest absolute Gasteiger partial charge is 0.461 e. The average Bonchev–Trinajstić information content (AvgIpc) is 3.08. The van der Waals surface area contributed by atoms with E-state index in [-0.39, 0.29) is 47.3 Å². The first kappa shape index (κ1) is 26.3. The van der Waals surface area contributed by atoms with Gasteiger partial charge in [-0.1, -0.05) is 47.5 Å². The molecule has 0 aromatic heterocycles. The monoisotopic (exact) mass is 500 g/mol. The second-order valence-corrected chi connectivity index (χ2v) is 14.1. The van der Waals surface area contributed by atoms with E-state index >= 15 is 0 Å². The summed E-state index contributed by atoms with van der Waals surface area (Å²) < 4.78 is 12.1. The SMILES string of the molecule is CC[C@@]1(C)CCC[C@@]2(C)C1CC[C@@]1(C)[C@@H]3CCC4=C(C(=O)O[C@@H]4C)[C@@]3(C)[C@@H](OC(=O)CC(C)O)C[C@@H]12. The van der Waals surface area contributed by atoms with Crippen molar-refractivity contribution < 1.29 is 24.2 Å². The lowest BCUT2D eigenvalue weighted by atomic mass is 9.35. The summed E-state index contributed by atoms with van der Waals surface area (Å²) in [6.45, 7) is 15.7. The molecular formula is C31H48O5. The van der Waals surface area contributed by atoms with Crippen LogP contribution in [0.5, 0.6) is 0 Å². The van der Waals surface area contributed by atoms with Crippen molar-refractivity contribution in [1.82, 2.24) is 0 Å². The zero-order valence-electron chi connectivity index (χ0n) is 23.6. The van der Waals surface area contributed by atoms with Gasteiger partial charge in [-0.05, 0) is 98.4 Å². The Bertz CT molecular complexity index is 968. The van der Waals surface area contributed by atoms with Crippen molar-refractivity contribution in [3.05, 3.63) is 11.1 Å². The molecule has 0 amide bonds. The van der Waals surface area contributed by atoms with Gasteiger partial charge in [0.25, 0.3) is 0 Å². The highest BCUT2D eigenvalue weighted by atomic mass is 16.6. The number of fused-ring (bicyclic) bond motifs is 6. The van der Waals surface area contributed by atoms with Crippen LogP contribution in [0.15, 0.2) is 11.1 Å². The summed E-state index contributed by atoms with van der Waals surface area (Å²) in [4.78, 5) is 26.3. The van der Waals surface area contributed by atoms with Gasteiger partial charge in [0.1, 0.15) is 12.2 Å². The molecule has 1 heterocycles. The van der Waals surface area contributed by atoms with Crippen molar-refractivity contribution in [2.75, 3.05) is 0 Å². The van der Waals surface area contributed by atoms with Crippen LogP contribution in [-0.4, -0.2) is 35.4 Å². The molecule has 202 valence electrons. The summed E-state index contributed by atoms with van der Waals surface area (Å²) in [5.41, 5.74) is 2.01. The molecule has 5 nitrogen and oxygen atoms in total. The molecule has 0 aromatic carbocycles. The van der Waals surface area contributed by atoms with E-state index in [4.69, 9.17) is 9.47 Å². The minimum atomic E-state index is -0.743. The Morgan fingerprint density at radius 3 is 2.44 bits per heavy atom. The normalized spacial score (nSPS) is 48.8. The van der Waals surface area contributed by atoms with Crippen LogP contribution >= 0.6 is 0 Å². The van der Waals surface area contributed by atoms with Crippen molar-refractivity contribution in [2.24, 2.45) is 39.4 Å². The number of carbonyl (C=O) groups excluding carboxylic acids is 2. The molecule has 0 radical (unpaired) electrons. The van der Waals surface area contributed by atoms with Crippen LogP contribution in [0.1, 0.15) is 113 Å². The molecule has 10 atom stereocenters. The topological polar surface area (TPSA) is 72.8 Å². The van der Waals surface area contributed by atoms with Crippen LogP contribution in [0.4, 0.5) is 0 Å². The average molecular weight is 501 g/mol. The van der Waals surface area contributed by atoms with Gasteiger partial charge in [-0.25, -0.2) is 4.79 Å². The molecule has 0 saturated heterocycles. The van der Waals surface area contributed by atoms with Crippen LogP contribution < -0.4 is 0 Å². The summed E-state index contributed by atoms with van der Waals surface area (Å²) in [6, 6.07) is 0. The number of carbonyl (C=O) groups is 2. The number of aliphatic hydroxyl groups is 1. The number of aliphatic hydroxyl groups excluding tert-OH is 1. The highest BCUT2D eigenvalue weighted by molar-refractivity contribution is 5.94. The fraction of sp³-hybridized carbons (Fsp3) is 0.871. The third-order valence-electron chi connectivity index (χ3n) is 12.4. The molecule has 0 bridgehead atoms. The zero-order valence-corrected chi connectivity index (χ0v) is 23.6. The van der Waals surface area contributed by atoms with E-state index in [0.29, 0.717) is 17.3 Å². The molecular weight excluding hydrogens is 452 g/mol. The second-order valence-electron chi connectivity index (χ2n) is 14.1. The van der Waals surface area contributed by atoms with E-state index < -0.39 is 11.5 Å². The number of rotatable bonds is 4. The van der Waals surface area contributed by atoms with E-state index in [9.17, 15) is 14.7 Å². The molecule has 5 rings (SSSR count). The summed E-state index contributed by atoms with van der Waals surface area (Å²) in [7, 11) is 0. The summed E-state index contributed by atoms with van der Waals surface area (Å²) in [5.74, 6) is 0.811. The Labute approximate surface area is 217 Å². The molecule has 0 spiro atoms. The minimum Gasteiger partial charge on any atom is -0.461 e. The first-order chi connectivity index (χ1) is 16.8. The van der Waals surface area contributed by atoms with Crippen LogP contribution in [0.25, 0.3) is 0 Å². The van der Waals surface area contributed by atoms with Gasteiger partial charge in [0.15, 0.2) is 0 Å². The Morgan fingerprint density at radius 1 is 1.08 bits per heavy atom. The lowest BCUT2D eigenvalue weighted by Crippen LogP contribution is -2.66. The Morgan fingerprint density at radius 2 is 1.78 bits per heavy atom. The van der Waals surface area contributed by atoms with Crippen LogP contribution in [0.2, 0.25) is 0 Å². The minimum absolute atomic E-state index is 0.0142. The van der Waals surface area contributed by atoms with E-state index in [0.717, 1.165) is 30.4 Å². The first-order valence-electron chi connectivity index (χ1n) is 14.6. The lowest BCUT2D eigenvalue weighted by molar-refractivity contribution is -0.228. The highest BCUT2D eigenvalue weighted by Crippen LogP contribution is 2.74. The van der Waals surface area contributed by atoms with Crippen molar-refractivity contribution >= 4 is 11.9 Å². The molecule has 3 fully saturated rings. The van der Waals surface area contributed by atoms with E-state index in [2.05, 4.69) is 34.6 Å². The molecule has 1 aliphatic heterocycles. The molecule has 2 unspecified atom stereocenters. The molecule has 1 N–H and O–H groups in total. The maximum Gasteiger partial charge on any atom is 0.335 e. The van der Waals surface area contributed by atoms with Gasteiger partial charge >= 0.3 is 11.9 Å². The number of cyclic esters (lactones) is 1. The van der Waals surface area contributed by atoms with Gasteiger partial charge in [-0.15, -0.1) is 0 Å². The smallest absolute Gasteiger partial charge is 0.335 e. The summed E-state index contributed by atoms with van der Waals surface area (Å²) in [6.07, 6.45) is 8.82. The maximum absolute atomic E-state index is 13.3. The third-order valence-corrected chi connectivity index (χ3v) is 12.4. The van der Waals surface area contributed by atoms with Gasteiger partial charge in [0, 0.05) is 11.0 Å². The number of esters is 2. The quantitative estimate of drug-likeness (QED) is 0.454. The van der Waals surface area contributed by atoms with Crippen molar-refractivity contribution in [3.8, 4) is 0 Å². The maximum atomic E-state index is 13.3. The van der Waals surface area contributed by atoms with Crippen molar-refractivity contribution in [1.29, 1.82) is 0 Å². The molecule has 5 aliphatic rings. The predicted molar refractivity (Wildman–Crippen MR) is 139 cm³/mol. The fourth-order valence-electron chi connectivity index (χ4n) is 10.6. The molecule has 5 heteroatoms. The first-order valence-corrected chi connectivity index (χ1v) is 14.6. The van der Waals surface area contributed by atoms with E-state index in [1.807, 2.05) is 6.92 Å². The van der Waals surface area contributed by atoms with Crippen LogP contribution in [0, 0.1) is 39.4 Å². The fourth-order valence-corrected chi connectivity index (χ4v) is 10.6. The molecule has 3 saturated carbocycles. The highest BCUT2D eigenvalue weighted by Gasteiger charge is 2.70. The predicted octanol–water partition coefficient (Wildman–Crippen LogP) is 6.37. The van der Waals surface area contributed by atoms with Crippen molar-refractivity contribution in [2.45, 2.75) is 131 Å². The van der Waals surface area contributed by atoms with Crippen molar-refractivity contribution in [3.63, 3.8) is 0 Å². The van der Waals surface area contributed by atoms with Gasteiger partial charge in [-0.2, -0.15) is 0 Å². The van der Waals surface area contributed by atoms with Gasteiger partial charge in [0.2, 0.25) is 0 Å². The van der Waals surface area contributed by atoms with E-state index in [1.54, 1.807) is 6.92 Å². The zero-order chi connectivity index (χ0) is 26.3. The summed E-state index contributed by atoms with van der Waals surface area (Å²) >= 11 is 0.